The van der Waals surface area contributed by atoms with Gasteiger partial charge in [0.25, 0.3) is 10.0 Å². The average molecular weight is 384 g/mol. The molecule has 0 aliphatic carbocycles. The van der Waals surface area contributed by atoms with Crippen molar-refractivity contribution in [2.45, 2.75) is 11.8 Å². The molecule has 22 heavy (non-hydrogen) atoms. The van der Waals surface area contributed by atoms with Gasteiger partial charge in [-0.2, -0.15) is 0 Å². The largest absolute Gasteiger partial charge is 0.462 e. The minimum absolute atomic E-state index is 0.143. The van der Waals surface area contributed by atoms with Gasteiger partial charge in [-0.25, -0.2) is 13.2 Å². The van der Waals surface area contributed by atoms with Gasteiger partial charge < -0.3 is 4.74 Å². The van der Waals surface area contributed by atoms with Crippen LogP contribution in [0.15, 0.2) is 57.9 Å². The van der Waals surface area contributed by atoms with Crippen LogP contribution in [-0.2, 0) is 14.8 Å². The van der Waals surface area contributed by atoms with E-state index in [2.05, 4.69) is 20.7 Å². The molecular formula is C15H14BrNO4S. The first-order valence-electron chi connectivity index (χ1n) is 6.48. The molecule has 116 valence electrons. The highest BCUT2D eigenvalue weighted by Gasteiger charge is 2.17. The maximum Gasteiger partial charge on any atom is 0.338 e. The Labute approximate surface area is 137 Å². The van der Waals surface area contributed by atoms with Gasteiger partial charge >= 0.3 is 5.97 Å². The van der Waals surface area contributed by atoms with Gasteiger partial charge in [0.1, 0.15) is 4.90 Å². The Balaban J connectivity index is 2.20. The Morgan fingerprint density at radius 1 is 1.14 bits per heavy atom. The van der Waals surface area contributed by atoms with Gasteiger partial charge in [-0.1, -0.05) is 12.1 Å². The molecule has 0 heterocycles. The third-order valence-corrected chi connectivity index (χ3v) is 5.17. The molecule has 0 spiro atoms. The number of carbonyl (C=O) groups is 1. The summed E-state index contributed by atoms with van der Waals surface area (Å²) in [6.07, 6.45) is 0. The third kappa shape index (κ3) is 3.86. The second-order valence-electron chi connectivity index (χ2n) is 4.33. The zero-order valence-corrected chi connectivity index (χ0v) is 14.1. The van der Waals surface area contributed by atoms with Crippen molar-refractivity contribution in [3.8, 4) is 0 Å². The molecule has 0 saturated heterocycles. The Hall–Kier alpha value is -1.86. The number of anilines is 1. The Morgan fingerprint density at radius 3 is 2.36 bits per heavy atom. The second kappa shape index (κ2) is 6.93. The summed E-state index contributed by atoms with van der Waals surface area (Å²) in [6.45, 7) is 2.01. The molecule has 0 fully saturated rings. The van der Waals surface area contributed by atoms with Crippen LogP contribution in [0.5, 0.6) is 0 Å². The fourth-order valence-corrected chi connectivity index (χ4v) is 3.82. The molecule has 0 unspecified atom stereocenters. The van der Waals surface area contributed by atoms with Crippen molar-refractivity contribution in [2.24, 2.45) is 0 Å². The number of hydrogen-bond acceptors (Lipinski definition) is 4. The van der Waals surface area contributed by atoms with Crippen LogP contribution >= 0.6 is 15.9 Å². The lowest BCUT2D eigenvalue weighted by Crippen LogP contribution is -2.13. The van der Waals surface area contributed by atoms with Crippen LogP contribution in [0.4, 0.5) is 5.69 Å². The van der Waals surface area contributed by atoms with Gasteiger partial charge in [-0.15, -0.1) is 0 Å². The van der Waals surface area contributed by atoms with Crippen LogP contribution in [-0.4, -0.2) is 21.0 Å². The summed E-state index contributed by atoms with van der Waals surface area (Å²) >= 11 is 3.21. The number of ether oxygens (including phenoxy) is 1. The zero-order chi connectivity index (χ0) is 16.2. The summed E-state index contributed by atoms with van der Waals surface area (Å²) in [5.74, 6) is -0.442. The van der Waals surface area contributed by atoms with Crippen molar-refractivity contribution >= 4 is 37.6 Å². The number of esters is 1. The lowest BCUT2D eigenvalue weighted by molar-refractivity contribution is 0.0526. The van der Waals surface area contributed by atoms with Crippen molar-refractivity contribution < 1.29 is 17.9 Å². The molecule has 2 aromatic carbocycles. The average Bonchev–Trinajstić information content (AvgIpc) is 2.48. The van der Waals surface area contributed by atoms with E-state index >= 15 is 0 Å². The number of nitrogens with one attached hydrogen (secondary N) is 1. The molecule has 1 N–H and O–H groups in total. The minimum atomic E-state index is -3.70. The Kier molecular flexibility index (Phi) is 5.20. The smallest absolute Gasteiger partial charge is 0.338 e. The van der Waals surface area contributed by atoms with E-state index in [4.69, 9.17) is 4.74 Å². The monoisotopic (exact) mass is 383 g/mol. The van der Waals surface area contributed by atoms with E-state index in [0.29, 0.717) is 15.7 Å². The molecule has 2 aromatic rings. The van der Waals surface area contributed by atoms with Crippen molar-refractivity contribution in [2.75, 3.05) is 11.3 Å². The molecule has 7 heteroatoms. The highest BCUT2D eigenvalue weighted by atomic mass is 79.9. The van der Waals surface area contributed by atoms with Crippen LogP contribution in [0, 0.1) is 0 Å². The minimum Gasteiger partial charge on any atom is -0.462 e. The van der Waals surface area contributed by atoms with E-state index in [-0.39, 0.29) is 11.5 Å². The van der Waals surface area contributed by atoms with E-state index in [9.17, 15) is 13.2 Å². The maximum absolute atomic E-state index is 12.3. The van der Waals surface area contributed by atoms with E-state index in [1.165, 1.54) is 30.3 Å². The van der Waals surface area contributed by atoms with Crippen LogP contribution in [0.1, 0.15) is 17.3 Å². The molecule has 2 rings (SSSR count). The molecule has 5 nitrogen and oxygen atoms in total. The second-order valence-corrected chi connectivity index (χ2v) is 6.84. The maximum atomic E-state index is 12.3. The molecule has 0 aliphatic heterocycles. The normalized spacial score (nSPS) is 11.0. The molecule has 0 atom stereocenters. The van der Waals surface area contributed by atoms with E-state index < -0.39 is 16.0 Å². The van der Waals surface area contributed by atoms with E-state index in [1.54, 1.807) is 25.1 Å². The third-order valence-electron chi connectivity index (χ3n) is 2.77. The lowest BCUT2D eigenvalue weighted by Gasteiger charge is -2.10. The molecule has 0 aliphatic rings. The van der Waals surface area contributed by atoms with Crippen molar-refractivity contribution in [1.82, 2.24) is 0 Å². The van der Waals surface area contributed by atoms with Gasteiger partial charge in [0.15, 0.2) is 0 Å². The van der Waals surface area contributed by atoms with Gasteiger partial charge in [0.2, 0.25) is 0 Å². The zero-order valence-electron chi connectivity index (χ0n) is 11.7. The summed E-state index contributed by atoms with van der Waals surface area (Å²) in [7, 11) is -3.70. The topological polar surface area (TPSA) is 72.5 Å². The molecule has 0 saturated carbocycles. The summed E-state index contributed by atoms with van der Waals surface area (Å²) < 4.78 is 32.4. The predicted octanol–water partition coefficient (Wildman–Crippen LogP) is 3.43. The van der Waals surface area contributed by atoms with Crippen LogP contribution < -0.4 is 4.72 Å². The first-order valence-corrected chi connectivity index (χ1v) is 8.76. The van der Waals surface area contributed by atoms with Crippen molar-refractivity contribution in [3.05, 3.63) is 58.6 Å². The summed E-state index contributed by atoms with van der Waals surface area (Å²) in [4.78, 5) is 11.7. The molecular weight excluding hydrogens is 370 g/mol. The van der Waals surface area contributed by atoms with Gasteiger partial charge in [0.05, 0.1) is 12.2 Å². The standard InChI is InChI=1S/C15H14BrNO4S/c1-2-21-15(18)11-7-9-12(10-8-11)17-22(19,20)14-6-4-3-5-13(14)16/h3-10,17H,2H2,1H3. The number of hydrogen-bond donors (Lipinski definition) is 1. The first kappa shape index (κ1) is 16.5. The fourth-order valence-electron chi connectivity index (χ4n) is 1.76. The Bertz CT molecular complexity index is 772. The van der Waals surface area contributed by atoms with Gasteiger partial charge in [-0.3, -0.25) is 4.72 Å². The Morgan fingerprint density at radius 2 is 1.77 bits per heavy atom. The highest BCUT2D eigenvalue weighted by Crippen LogP contribution is 2.23. The van der Waals surface area contributed by atoms with Crippen LogP contribution in [0.2, 0.25) is 0 Å². The summed E-state index contributed by atoms with van der Waals surface area (Å²) in [5.41, 5.74) is 0.731. The van der Waals surface area contributed by atoms with E-state index in [1.807, 2.05) is 0 Å². The molecule has 0 aromatic heterocycles. The highest BCUT2D eigenvalue weighted by molar-refractivity contribution is 9.10. The fraction of sp³-hybridized carbons (Fsp3) is 0.133. The van der Waals surface area contributed by atoms with Gasteiger partial charge in [0, 0.05) is 10.2 Å². The molecule has 0 amide bonds. The SMILES string of the molecule is CCOC(=O)c1ccc(NS(=O)(=O)c2ccccc2Br)cc1. The first-order chi connectivity index (χ1) is 10.4. The van der Waals surface area contributed by atoms with Crippen LogP contribution in [0.3, 0.4) is 0 Å². The number of rotatable bonds is 5. The summed E-state index contributed by atoms with van der Waals surface area (Å²) in [5, 5.41) is 0. The molecule has 0 bridgehead atoms. The predicted molar refractivity (Wildman–Crippen MR) is 87.3 cm³/mol. The quantitative estimate of drug-likeness (QED) is 0.802. The molecule has 0 radical (unpaired) electrons. The lowest BCUT2D eigenvalue weighted by atomic mass is 10.2. The number of halogens is 1. The van der Waals surface area contributed by atoms with Gasteiger partial charge in [-0.05, 0) is 59.3 Å². The van der Waals surface area contributed by atoms with Crippen molar-refractivity contribution in [1.29, 1.82) is 0 Å². The van der Waals surface area contributed by atoms with E-state index in [0.717, 1.165) is 0 Å². The van der Waals surface area contributed by atoms with Crippen molar-refractivity contribution in [3.63, 3.8) is 0 Å². The number of carbonyl (C=O) groups excluding carboxylic acids is 1. The number of benzene rings is 2. The number of sulfonamides is 1. The van der Waals surface area contributed by atoms with Crippen LogP contribution in [0.25, 0.3) is 0 Å². The summed E-state index contributed by atoms with van der Waals surface area (Å²) in [6, 6.07) is 12.6.